The van der Waals surface area contributed by atoms with Gasteiger partial charge in [-0.3, -0.25) is 4.90 Å². The molecule has 1 fully saturated rings. The second kappa shape index (κ2) is 6.94. The number of likely N-dealkylation sites (tertiary alicyclic amines) is 1. The molecule has 0 radical (unpaired) electrons. The maximum Gasteiger partial charge on any atom is 0.0798 e. The molecule has 0 aliphatic carbocycles. The van der Waals surface area contributed by atoms with Crippen molar-refractivity contribution in [1.29, 1.82) is 0 Å². The molecule has 3 rings (SSSR count). The third-order valence-corrected chi connectivity index (χ3v) is 5.42. The Bertz CT molecular complexity index is 603. The lowest BCUT2D eigenvalue weighted by Crippen LogP contribution is -2.28. The highest BCUT2D eigenvalue weighted by atomic mass is 32.1. The molecular formula is C17H26N4S. The van der Waals surface area contributed by atoms with Gasteiger partial charge in [0.1, 0.15) is 0 Å². The molecule has 0 spiro atoms. The molecule has 4 nitrogen and oxygen atoms in total. The second-order valence-corrected chi connectivity index (χ2v) is 7.57. The molecule has 1 aliphatic rings. The first kappa shape index (κ1) is 15.7. The van der Waals surface area contributed by atoms with Crippen molar-refractivity contribution in [1.82, 2.24) is 19.4 Å². The van der Waals surface area contributed by atoms with Gasteiger partial charge in [-0.25, -0.2) is 4.98 Å². The van der Waals surface area contributed by atoms with Crippen LogP contribution in [-0.2, 0) is 20.1 Å². The van der Waals surface area contributed by atoms with Crippen molar-refractivity contribution < 1.29 is 0 Å². The summed E-state index contributed by atoms with van der Waals surface area (Å²) in [6.45, 7) is 7.87. The van der Waals surface area contributed by atoms with Crippen LogP contribution in [0.4, 0.5) is 0 Å². The minimum absolute atomic E-state index is 0.793. The normalized spacial score (nSPS) is 19.4. The van der Waals surface area contributed by atoms with Crippen LogP contribution in [0.15, 0.2) is 24.0 Å². The fourth-order valence-corrected chi connectivity index (χ4v) is 4.20. The smallest absolute Gasteiger partial charge is 0.0798 e. The molecule has 0 aromatic carbocycles. The number of thiazole rings is 1. The number of hydrogen-bond donors (Lipinski definition) is 0. The number of hydrogen-bond acceptors (Lipinski definition) is 4. The Hall–Kier alpha value is -1.17. The molecule has 0 unspecified atom stereocenters. The van der Waals surface area contributed by atoms with Crippen LogP contribution in [0.25, 0.3) is 0 Å². The van der Waals surface area contributed by atoms with Gasteiger partial charge >= 0.3 is 0 Å². The van der Waals surface area contributed by atoms with E-state index in [-0.39, 0.29) is 0 Å². The third kappa shape index (κ3) is 3.97. The first-order valence-corrected chi connectivity index (χ1v) is 8.89. The van der Waals surface area contributed by atoms with Crippen molar-refractivity contribution in [2.75, 3.05) is 26.7 Å². The summed E-state index contributed by atoms with van der Waals surface area (Å²) in [5, 5.41) is 0. The van der Waals surface area contributed by atoms with E-state index in [1.54, 1.807) is 11.3 Å². The van der Waals surface area contributed by atoms with Gasteiger partial charge in [0.15, 0.2) is 0 Å². The standard InChI is InChI=1S/C17H26N4S/c1-14-17(22-13-18-14)12-20(3)9-16-5-7-21(11-16)10-15-4-6-19(2)8-15/h4,6,8,13,16H,5,7,9-12H2,1-3H3/t16-/m0/s1. The summed E-state index contributed by atoms with van der Waals surface area (Å²) in [6, 6.07) is 2.23. The fraction of sp³-hybridized carbons (Fsp3) is 0.588. The summed E-state index contributed by atoms with van der Waals surface area (Å²) in [4.78, 5) is 10.8. The van der Waals surface area contributed by atoms with Crippen molar-refractivity contribution in [3.8, 4) is 0 Å². The Morgan fingerprint density at radius 1 is 1.45 bits per heavy atom. The van der Waals surface area contributed by atoms with Crippen LogP contribution in [0.1, 0.15) is 22.6 Å². The summed E-state index contributed by atoms with van der Waals surface area (Å²) in [7, 11) is 4.33. The highest BCUT2D eigenvalue weighted by Gasteiger charge is 2.23. The average molecular weight is 318 g/mol. The van der Waals surface area contributed by atoms with Crippen LogP contribution in [0.5, 0.6) is 0 Å². The lowest BCUT2D eigenvalue weighted by atomic mass is 10.1. The van der Waals surface area contributed by atoms with Crippen molar-refractivity contribution in [2.45, 2.75) is 26.4 Å². The SMILES string of the molecule is Cc1ncsc1CN(C)C[C@@H]1CCN(Cc2ccn(C)c2)C1. The zero-order valence-electron chi connectivity index (χ0n) is 13.8. The Labute approximate surface area is 137 Å². The molecule has 5 heteroatoms. The molecule has 120 valence electrons. The summed E-state index contributed by atoms with van der Waals surface area (Å²) in [6.07, 6.45) is 5.68. The topological polar surface area (TPSA) is 24.3 Å². The number of rotatable bonds is 6. The van der Waals surface area contributed by atoms with Crippen LogP contribution in [0, 0.1) is 12.8 Å². The quantitative estimate of drug-likeness (QED) is 0.818. The van der Waals surface area contributed by atoms with Crippen molar-refractivity contribution in [2.24, 2.45) is 13.0 Å². The van der Waals surface area contributed by atoms with Gasteiger partial charge in [0.05, 0.1) is 11.2 Å². The van der Waals surface area contributed by atoms with Gasteiger partial charge in [0, 0.05) is 50.5 Å². The van der Waals surface area contributed by atoms with Crippen LogP contribution in [-0.4, -0.2) is 46.0 Å². The van der Waals surface area contributed by atoms with Crippen LogP contribution < -0.4 is 0 Å². The third-order valence-electron chi connectivity index (χ3n) is 4.50. The maximum atomic E-state index is 4.34. The molecule has 0 bridgehead atoms. The summed E-state index contributed by atoms with van der Waals surface area (Å²) >= 11 is 1.77. The molecule has 0 amide bonds. The van der Waals surface area contributed by atoms with E-state index >= 15 is 0 Å². The van der Waals surface area contributed by atoms with Gasteiger partial charge in [0.2, 0.25) is 0 Å². The Morgan fingerprint density at radius 3 is 3.00 bits per heavy atom. The predicted molar refractivity (Wildman–Crippen MR) is 92.0 cm³/mol. The molecule has 0 saturated carbocycles. The maximum absolute atomic E-state index is 4.34. The lowest BCUT2D eigenvalue weighted by Gasteiger charge is -2.21. The molecule has 0 N–H and O–H groups in total. The average Bonchev–Trinajstić information content (AvgIpc) is 3.16. The molecule has 2 aromatic heterocycles. The molecule has 1 aliphatic heterocycles. The summed E-state index contributed by atoms with van der Waals surface area (Å²) in [5.74, 6) is 0.793. The summed E-state index contributed by atoms with van der Waals surface area (Å²) in [5.41, 5.74) is 4.57. The van der Waals surface area contributed by atoms with Gasteiger partial charge in [-0.05, 0) is 44.5 Å². The van der Waals surface area contributed by atoms with Crippen LogP contribution in [0.3, 0.4) is 0 Å². The van der Waals surface area contributed by atoms with Gasteiger partial charge < -0.3 is 9.47 Å². The highest BCUT2D eigenvalue weighted by molar-refractivity contribution is 7.09. The Balaban J connectivity index is 1.45. The second-order valence-electron chi connectivity index (χ2n) is 6.63. The van der Waals surface area contributed by atoms with Crippen molar-refractivity contribution in [3.05, 3.63) is 40.1 Å². The molecule has 1 saturated heterocycles. The predicted octanol–water partition coefficient (Wildman–Crippen LogP) is 2.74. The first-order chi connectivity index (χ1) is 10.6. The van der Waals surface area contributed by atoms with Gasteiger partial charge in [0.25, 0.3) is 0 Å². The van der Waals surface area contributed by atoms with E-state index in [1.807, 2.05) is 5.51 Å². The van der Waals surface area contributed by atoms with Gasteiger partial charge in [-0.2, -0.15) is 0 Å². The number of aryl methyl sites for hydroxylation is 2. The molecule has 3 heterocycles. The van der Waals surface area contributed by atoms with E-state index in [4.69, 9.17) is 0 Å². The van der Waals surface area contributed by atoms with Gasteiger partial charge in [-0.15, -0.1) is 11.3 Å². The minimum atomic E-state index is 0.793. The zero-order chi connectivity index (χ0) is 15.5. The van der Waals surface area contributed by atoms with E-state index in [0.717, 1.165) is 19.0 Å². The number of nitrogens with zero attached hydrogens (tertiary/aromatic N) is 4. The van der Waals surface area contributed by atoms with E-state index < -0.39 is 0 Å². The van der Waals surface area contributed by atoms with Crippen molar-refractivity contribution >= 4 is 11.3 Å². The van der Waals surface area contributed by atoms with E-state index in [1.165, 1.54) is 42.2 Å². The molecule has 2 aromatic rings. The highest BCUT2D eigenvalue weighted by Crippen LogP contribution is 2.21. The Morgan fingerprint density at radius 2 is 2.32 bits per heavy atom. The monoisotopic (exact) mass is 318 g/mol. The Kier molecular flexibility index (Phi) is 4.96. The fourth-order valence-electron chi connectivity index (χ4n) is 3.35. The number of aromatic nitrogens is 2. The first-order valence-electron chi connectivity index (χ1n) is 8.01. The lowest BCUT2D eigenvalue weighted by molar-refractivity contribution is 0.256. The van der Waals surface area contributed by atoms with E-state index in [9.17, 15) is 0 Å². The van der Waals surface area contributed by atoms with E-state index in [2.05, 4.69) is 58.8 Å². The van der Waals surface area contributed by atoms with Crippen LogP contribution in [0.2, 0.25) is 0 Å². The largest absolute Gasteiger partial charge is 0.357 e. The molecule has 1 atom stereocenters. The minimum Gasteiger partial charge on any atom is -0.357 e. The molecule has 22 heavy (non-hydrogen) atoms. The van der Waals surface area contributed by atoms with E-state index in [0.29, 0.717) is 0 Å². The summed E-state index contributed by atoms with van der Waals surface area (Å²) < 4.78 is 2.13. The van der Waals surface area contributed by atoms with Gasteiger partial charge in [-0.1, -0.05) is 0 Å². The molecular weight excluding hydrogens is 292 g/mol. The zero-order valence-corrected chi connectivity index (χ0v) is 14.6. The van der Waals surface area contributed by atoms with Crippen molar-refractivity contribution in [3.63, 3.8) is 0 Å². The van der Waals surface area contributed by atoms with Crippen LogP contribution >= 0.6 is 11.3 Å².